The molecule has 0 saturated heterocycles. The lowest BCUT2D eigenvalue weighted by Gasteiger charge is -2.10. The van der Waals surface area contributed by atoms with Crippen LogP contribution < -0.4 is 4.74 Å². The van der Waals surface area contributed by atoms with E-state index in [9.17, 15) is 10.1 Å². The van der Waals surface area contributed by atoms with Crippen LogP contribution in [0.5, 0.6) is 11.5 Å². The maximum atomic E-state index is 10.7. The van der Waals surface area contributed by atoms with Gasteiger partial charge in [-0.25, -0.2) is 0 Å². The minimum Gasteiger partial charge on any atom is -0.456 e. The first-order chi connectivity index (χ1) is 10.0. The predicted molar refractivity (Wildman–Crippen MR) is 81.7 cm³/mol. The van der Waals surface area contributed by atoms with Gasteiger partial charge in [-0.1, -0.05) is 22.0 Å². The van der Waals surface area contributed by atoms with E-state index >= 15 is 0 Å². The summed E-state index contributed by atoms with van der Waals surface area (Å²) >= 11 is 3.33. The largest absolute Gasteiger partial charge is 0.456 e. The Hall–Kier alpha value is -2.39. The van der Waals surface area contributed by atoms with E-state index in [1.165, 1.54) is 18.2 Å². The Labute approximate surface area is 130 Å². The first-order valence-electron chi connectivity index (χ1n) is 6.07. The topological polar surface area (TPSA) is 76.2 Å². The third kappa shape index (κ3) is 3.38. The van der Waals surface area contributed by atoms with Gasteiger partial charge in [0.05, 0.1) is 10.5 Å². The highest BCUT2D eigenvalue weighted by Crippen LogP contribution is 2.30. The van der Waals surface area contributed by atoms with Crippen molar-refractivity contribution >= 4 is 21.6 Å². The molecule has 0 unspecified atom stereocenters. The molecule has 2 rings (SSSR count). The fourth-order valence-electron chi connectivity index (χ4n) is 1.82. The SMILES string of the molecule is Cc1cc([N+](=O)[O-])ccc1Oc1ccc(CBr)cc1C#N. The number of nitro benzene ring substituents is 1. The Morgan fingerprint density at radius 1 is 1.29 bits per heavy atom. The van der Waals surface area contributed by atoms with Gasteiger partial charge >= 0.3 is 0 Å². The zero-order chi connectivity index (χ0) is 15.4. The second-order valence-corrected chi connectivity index (χ2v) is 4.95. The number of benzene rings is 2. The lowest BCUT2D eigenvalue weighted by Crippen LogP contribution is -1.94. The molecular formula is C15H11BrN2O3. The third-order valence-electron chi connectivity index (χ3n) is 2.91. The molecule has 0 aliphatic rings. The standard InChI is InChI=1S/C15H11BrN2O3/c1-10-6-13(18(19)20)3-5-14(10)21-15-4-2-11(8-16)7-12(15)9-17/h2-7H,8H2,1H3. The van der Waals surface area contributed by atoms with E-state index < -0.39 is 4.92 Å². The number of nitrogens with zero attached hydrogens (tertiary/aromatic N) is 2. The Bertz CT molecular complexity index is 738. The van der Waals surface area contributed by atoms with Gasteiger partial charge in [0.1, 0.15) is 17.6 Å². The van der Waals surface area contributed by atoms with Crippen molar-refractivity contribution < 1.29 is 9.66 Å². The van der Waals surface area contributed by atoms with Gasteiger partial charge in [-0.2, -0.15) is 5.26 Å². The molecule has 0 spiro atoms. The molecule has 0 aliphatic carbocycles. The van der Waals surface area contributed by atoms with Crippen molar-refractivity contribution in [3.63, 3.8) is 0 Å². The van der Waals surface area contributed by atoms with Crippen molar-refractivity contribution in [3.05, 3.63) is 63.2 Å². The Morgan fingerprint density at radius 2 is 2.00 bits per heavy atom. The van der Waals surface area contributed by atoms with Gasteiger partial charge < -0.3 is 4.74 Å². The van der Waals surface area contributed by atoms with Crippen LogP contribution in [0.3, 0.4) is 0 Å². The fraction of sp³-hybridized carbons (Fsp3) is 0.133. The average molecular weight is 347 g/mol. The molecule has 0 saturated carbocycles. The number of halogens is 1. The van der Waals surface area contributed by atoms with Crippen LogP contribution in [0.15, 0.2) is 36.4 Å². The van der Waals surface area contributed by atoms with Crippen molar-refractivity contribution in [1.29, 1.82) is 5.26 Å². The lowest BCUT2D eigenvalue weighted by atomic mass is 10.1. The summed E-state index contributed by atoms with van der Waals surface area (Å²) in [6.07, 6.45) is 0. The van der Waals surface area contributed by atoms with Crippen LogP contribution in [0, 0.1) is 28.4 Å². The van der Waals surface area contributed by atoms with Crippen LogP contribution in [0.4, 0.5) is 5.69 Å². The molecule has 0 radical (unpaired) electrons. The molecule has 5 nitrogen and oxygen atoms in total. The number of alkyl halides is 1. The first-order valence-corrected chi connectivity index (χ1v) is 7.19. The predicted octanol–water partition coefficient (Wildman–Crippen LogP) is 4.46. The van der Waals surface area contributed by atoms with E-state index in [1.54, 1.807) is 19.1 Å². The Kier molecular flexibility index (Phi) is 4.55. The summed E-state index contributed by atoms with van der Waals surface area (Å²) in [6.45, 7) is 1.72. The summed E-state index contributed by atoms with van der Waals surface area (Å²) in [6, 6.07) is 11.7. The molecule has 0 bridgehead atoms. The number of hydrogen-bond acceptors (Lipinski definition) is 4. The highest BCUT2D eigenvalue weighted by molar-refractivity contribution is 9.08. The van der Waals surface area contributed by atoms with E-state index in [2.05, 4.69) is 22.0 Å². The minimum atomic E-state index is -0.456. The number of ether oxygens (including phenoxy) is 1. The number of non-ortho nitro benzene ring substituents is 1. The molecule has 0 fully saturated rings. The molecule has 21 heavy (non-hydrogen) atoms. The van der Waals surface area contributed by atoms with E-state index in [4.69, 9.17) is 10.00 Å². The highest BCUT2D eigenvalue weighted by atomic mass is 79.9. The molecule has 0 atom stereocenters. The van der Waals surface area contributed by atoms with Gasteiger partial charge in [-0.15, -0.1) is 0 Å². The molecule has 2 aromatic carbocycles. The minimum absolute atomic E-state index is 0.00925. The quantitative estimate of drug-likeness (QED) is 0.465. The third-order valence-corrected chi connectivity index (χ3v) is 3.56. The van der Waals surface area contributed by atoms with Crippen molar-refractivity contribution in [3.8, 4) is 17.6 Å². The molecule has 2 aromatic rings. The number of aryl methyl sites for hydroxylation is 1. The molecule has 0 aliphatic heterocycles. The molecule has 0 amide bonds. The molecule has 0 heterocycles. The highest BCUT2D eigenvalue weighted by Gasteiger charge is 2.11. The summed E-state index contributed by atoms with van der Waals surface area (Å²) < 4.78 is 5.70. The van der Waals surface area contributed by atoms with E-state index in [0.29, 0.717) is 28.0 Å². The second kappa shape index (κ2) is 6.37. The molecule has 6 heteroatoms. The summed E-state index contributed by atoms with van der Waals surface area (Å²) in [7, 11) is 0. The molecule has 0 aromatic heterocycles. The van der Waals surface area contributed by atoms with E-state index in [-0.39, 0.29) is 5.69 Å². The van der Waals surface area contributed by atoms with Gasteiger partial charge in [0.15, 0.2) is 0 Å². The van der Waals surface area contributed by atoms with Crippen molar-refractivity contribution in [1.82, 2.24) is 0 Å². The van der Waals surface area contributed by atoms with Crippen LogP contribution in [0.2, 0.25) is 0 Å². The number of rotatable bonds is 4. The normalized spacial score (nSPS) is 9.95. The second-order valence-electron chi connectivity index (χ2n) is 4.38. The maximum Gasteiger partial charge on any atom is 0.269 e. The monoisotopic (exact) mass is 346 g/mol. The zero-order valence-corrected chi connectivity index (χ0v) is 12.8. The summed E-state index contributed by atoms with van der Waals surface area (Å²) in [5, 5.41) is 20.5. The van der Waals surface area contributed by atoms with Crippen LogP contribution in [0.1, 0.15) is 16.7 Å². The van der Waals surface area contributed by atoms with E-state index in [0.717, 1.165) is 5.56 Å². The van der Waals surface area contributed by atoms with Crippen molar-refractivity contribution in [2.75, 3.05) is 0 Å². The number of nitro groups is 1. The van der Waals surface area contributed by atoms with E-state index in [1.807, 2.05) is 6.07 Å². The lowest BCUT2D eigenvalue weighted by molar-refractivity contribution is -0.384. The number of nitriles is 1. The van der Waals surface area contributed by atoms with Crippen LogP contribution >= 0.6 is 15.9 Å². The number of hydrogen-bond donors (Lipinski definition) is 0. The Balaban J connectivity index is 2.34. The Morgan fingerprint density at radius 3 is 2.57 bits per heavy atom. The summed E-state index contributed by atoms with van der Waals surface area (Å²) in [5.74, 6) is 0.919. The van der Waals surface area contributed by atoms with Gasteiger partial charge in [0.25, 0.3) is 5.69 Å². The molecule has 0 N–H and O–H groups in total. The zero-order valence-electron chi connectivity index (χ0n) is 11.2. The fourth-order valence-corrected chi connectivity index (χ4v) is 2.17. The van der Waals surface area contributed by atoms with Crippen LogP contribution in [-0.4, -0.2) is 4.92 Å². The van der Waals surface area contributed by atoms with Gasteiger partial charge in [0.2, 0.25) is 0 Å². The maximum absolute atomic E-state index is 10.7. The van der Waals surface area contributed by atoms with Gasteiger partial charge in [-0.3, -0.25) is 10.1 Å². The summed E-state index contributed by atoms with van der Waals surface area (Å²) in [5.41, 5.74) is 2.04. The van der Waals surface area contributed by atoms with Gasteiger partial charge in [-0.05, 0) is 36.2 Å². The van der Waals surface area contributed by atoms with Crippen LogP contribution in [-0.2, 0) is 5.33 Å². The summed E-state index contributed by atoms with van der Waals surface area (Å²) in [4.78, 5) is 10.3. The molecular weight excluding hydrogens is 336 g/mol. The average Bonchev–Trinajstić information content (AvgIpc) is 2.49. The van der Waals surface area contributed by atoms with Gasteiger partial charge in [0, 0.05) is 17.5 Å². The first kappa shape index (κ1) is 15.0. The van der Waals surface area contributed by atoms with Crippen LogP contribution in [0.25, 0.3) is 0 Å². The van der Waals surface area contributed by atoms with Crippen molar-refractivity contribution in [2.24, 2.45) is 0 Å². The molecule has 106 valence electrons. The van der Waals surface area contributed by atoms with Crippen molar-refractivity contribution in [2.45, 2.75) is 12.3 Å². The smallest absolute Gasteiger partial charge is 0.269 e.